The number of rotatable bonds is 6. The molecule has 168 valence electrons. The molecule has 31 heavy (non-hydrogen) atoms. The van der Waals surface area contributed by atoms with Crippen LogP contribution in [-0.2, 0) is 11.0 Å². The van der Waals surface area contributed by atoms with Crippen molar-refractivity contribution in [1.29, 1.82) is 0 Å². The Morgan fingerprint density at radius 2 is 1.84 bits per heavy atom. The fourth-order valence-electron chi connectivity index (χ4n) is 3.78. The first kappa shape index (κ1) is 23.4. The molecule has 8 heteroatoms. The highest BCUT2D eigenvalue weighted by Crippen LogP contribution is 2.37. The molecule has 0 unspecified atom stereocenters. The third-order valence-corrected chi connectivity index (χ3v) is 6.37. The van der Waals surface area contributed by atoms with E-state index in [0.29, 0.717) is 17.6 Å². The van der Waals surface area contributed by atoms with Crippen molar-refractivity contribution in [2.24, 2.45) is 11.8 Å². The number of halogens is 4. The molecular weight excluding hydrogens is 473 g/mol. The molecule has 3 atom stereocenters. The van der Waals surface area contributed by atoms with Gasteiger partial charge in [0.15, 0.2) is 5.75 Å². The lowest BCUT2D eigenvalue weighted by Gasteiger charge is -2.34. The minimum absolute atomic E-state index is 0.0815. The summed E-state index contributed by atoms with van der Waals surface area (Å²) in [4.78, 5) is 12.5. The fourth-order valence-corrected chi connectivity index (χ4v) is 4.05. The molecule has 1 aliphatic carbocycles. The lowest BCUT2D eigenvalue weighted by molar-refractivity contribution is -0.137. The second-order valence-corrected chi connectivity index (χ2v) is 8.98. The van der Waals surface area contributed by atoms with E-state index in [2.05, 4.69) is 40.4 Å². The standard InChI is InChI=1S/C23H26BrF3N2O2/c1-14-4-3-5-19(15(14)2)29-22(30)13-28-20-12-16(23(25,26)27)6-11-21(20)31-18-9-7-17(24)8-10-18/h6-12,14-15,19,28H,3-5,13H2,1-2H3,(H,29,30)/t14-,15-,19-/m1/s1. The molecule has 2 aromatic carbocycles. The van der Waals surface area contributed by atoms with Gasteiger partial charge in [-0.15, -0.1) is 0 Å². The van der Waals surface area contributed by atoms with Crippen molar-refractivity contribution in [2.45, 2.75) is 45.3 Å². The van der Waals surface area contributed by atoms with Gasteiger partial charge in [0.2, 0.25) is 5.91 Å². The van der Waals surface area contributed by atoms with Crippen molar-refractivity contribution in [1.82, 2.24) is 5.32 Å². The van der Waals surface area contributed by atoms with Crippen molar-refractivity contribution < 1.29 is 22.7 Å². The number of ether oxygens (including phenoxy) is 1. The minimum Gasteiger partial charge on any atom is -0.455 e. The summed E-state index contributed by atoms with van der Waals surface area (Å²) in [6.07, 6.45) is -1.38. The van der Waals surface area contributed by atoms with Gasteiger partial charge in [-0.2, -0.15) is 13.2 Å². The number of carbonyl (C=O) groups is 1. The molecule has 1 amide bonds. The summed E-state index contributed by atoms with van der Waals surface area (Å²) in [5.41, 5.74) is -0.703. The normalized spacial score (nSPS) is 21.4. The van der Waals surface area contributed by atoms with Gasteiger partial charge >= 0.3 is 6.18 Å². The molecule has 0 aliphatic heterocycles. The molecule has 2 N–H and O–H groups in total. The van der Waals surface area contributed by atoms with Gasteiger partial charge < -0.3 is 15.4 Å². The van der Waals surface area contributed by atoms with Crippen molar-refractivity contribution in [3.8, 4) is 11.5 Å². The van der Waals surface area contributed by atoms with Gasteiger partial charge in [0.05, 0.1) is 17.8 Å². The zero-order valence-corrected chi connectivity index (χ0v) is 19.0. The van der Waals surface area contributed by atoms with Gasteiger partial charge in [0.25, 0.3) is 0 Å². The number of carbonyl (C=O) groups excluding carboxylic acids is 1. The largest absolute Gasteiger partial charge is 0.455 e. The van der Waals surface area contributed by atoms with Gasteiger partial charge in [-0.05, 0) is 60.7 Å². The zero-order chi connectivity index (χ0) is 22.6. The molecule has 0 aromatic heterocycles. The lowest BCUT2D eigenvalue weighted by atomic mass is 9.78. The fraction of sp³-hybridized carbons (Fsp3) is 0.435. The van der Waals surface area contributed by atoms with E-state index >= 15 is 0 Å². The van der Waals surface area contributed by atoms with E-state index in [1.165, 1.54) is 6.07 Å². The molecule has 0 bridgehead atoms. The Kier molecular flexibility index (Phi) is 7.51. The first-order chi connectivity index (χ1) is 14.6. The van der Waals surface area contributed by atoms with Crippen LogP contribution in [0.5, 0.6) is 11.5 Å². The quantitative estimate of drug-likeness (QED) is 0.470. The SMILES string of the molecule is C[C@@H]1[C@H](C)CCC[C@H]1NC(=O)CNc1cc(C(F)(F)F)ccc1Oc1ccc(Br)cc1. The van der Waals surface area contributed by atoms with Crippen LogP contribution in [0.3, 0.4) is 0 Å². The van der Waals surface area contributed by atoms with Crippen molar-refractivity contribution in [3.05, 3.63) is 52.5 Å². The summed E-state index contributed by atoms with van der Waals surface area (Å²) in [7, 11) is 0. The van der Waals surface area contributed by atoms with Crippen LogP contribution in [0.25, 0.3) is 0 Å². The molecule has 1 aliphatic rings. The van der Waals surface area contributed by atoms with Crippen LogP contribution < -0.4 is 15.4 Å². The van der Waals surface area contributed by atoms with Crippen LogP contribution in [0.4, 0.5) is 18.9 Å². The van der Waals surface area contributed by atoms with E-state index in [9.17, 15) is 18.0 Å². The Balaban J connectivity index is 1.72. The number of amides is 1. The summed E-state index contributed by atoms with van der Waals surface area (Å²) < 4.78 is 46.2. The van der Waals surface area contributed by atoms with Crippen molar-refractivity contribution in [2.75, 3.05) is 11.9 Å². The van der Waals surface area contributed by atoms with Crippen LogP contribution >= 0.6 is 15.9 Å². The third-order valence-electron chi connectivity index (χ3n) is 5.84. The number of anilines is 1. The van der Waals surface area contributed by atoms with Gasteiger partial charge in [-0.1, -0.05) is 42.6 Å². The molecular formula is C23H26BrF3N2O2. The number of nitrogens with one attached hydrogen (secondary N) is 2. The first-order valence-corrected chi connectivity index (χ1v) is 11.1. The summed E-state index contributed by atoms with van der Waals surface area (Å²) >= 11 is 3.33. The second kappa shape index (κ2) is 9.94. The van der Waals surface area contributed by atoms with Gasteiger partial charge in [-0.25, -0.2) is 0 Å². The van der Waals surface area contributed by atoms with E-state index in [1.54, 1.807) is 24.3 Å². The maximum absolute atomic E-state index is 13.2. The molecule has 0 radical (unpaired) electrons. The average Bonchev–Trinajstić information content (AvgIpc) is 2.71. The Hall–Kier alpha value is -2.22. The zero-order valence-electron chi connectivity index (χ0n) is 17.4. The minimum atomic E-state index is -4.50. The van der Waals surface area contributed by atoms with Crippen molar-refractivity contribution in [3.63, 3.8) is 0 Å². The first-order valence-electron chi connectivity index (χ1n) is 10.3. The molecule has 4 nitrogen and oxygen atoms in total. The third kappa shape index (κ3) is 6.38. The highest BCUT2D eigenvalue weighted by Gasteiger charge is 2.32. The number of benzene rings is 2. The topological polar surface area (TPSA) is 50.4 Å². The summed E-state index contributed by atoms with van der Waals surface area (Å²) in [5.74, 6) is 1.32. The predicted octanol–water partition coefficient (Wildman–Crippen LogP) is 6.61. The van der Waals surface area contributed by atoms with E-state index in [0.717, 1.165) is 35.9 Å². The van der Waals surface area contributed by atoms with Gasteiger partial charge in [0.1, 0.15) is 5.75 Å². The molecule has 0 spiro atoms. The Labute approximate surface area is 188 Å². The molecule has 3 rings (SSSR count). The predicted molar refractivity (Wildman–Crippen MR) is 118 cm³/mol. The van der Waals surface area contributed by atoms with Crippen LogP contribution in [0.1, 0.15) is 38.7 Å². The van der Waals surface area contributed by atoms with E-state index in [4.69, 9.17) is 4.74 Å². The highest BCUT2D eigenvalue weighted by molar-refractivity contribution is 9.10. The molecule has 2 aromatic rings. The van der Waals surface area contributed by atoms with Crippen LogP contribution in [-0.4, -0.2) is 18.5 Å². The Bertz CT molecular complexity index is 903. The lowest BCUT2D eigenvalue weighted by Crippen LogP contribution is -2.45. The summed E-state index contributed by atoms with van der Waals surface area (Å²) in [6, 6.07) is 10.2. The Morgan fingerprint density at radius 3 is 2.52 bits per heavy atom. The molecule has 1 fully saturated rings. The maximum atomic E-state index is 13.2. The summed E-state index contributed by atoms with van der Waals surface area (Å²) in [5, 5.41) is 5.85. The van der Waals surface area contributed by atoms with Crippen LogP contribution in [0.15, 0.2) is 46.9 Å². The summed E-state index contributed by atoms with van der Waals surface area (Å²) in [6.45, 7) is 4.16. The molecule has 0 heterocycles. The van der Waals surface area contributed by atoms with Crippen LogP contribution in [0, 0.1) is 11.8 Å². The smallest absolute Gasteiger partial charge is 0.416 e. The Morgan fingerprint density at radius 1 is 1.13 bits per heavy atom. The number of alkyl halides is 3. The number of hydrogen-bond acceptors (Lipinski definition) is 3. The molecule has 0 saturated heterocycles. The van der Waals surface area contributed by atoms with Crippen LogP contribution in [0.2, 0.25) is 0 Å². The van der Waals surface area contributed by atoms with Gasteiger partial charge in [0, 0.05) is 10.5 Å². The van der Waals surface area contributed by atoms with E-state index in [1.807, 2.05) is 0 Å². The molecule has 1 saturated carbocycles. The van der Waals surface area contributed by atoms with Crippen molar-refractivity contribution >= 4 is 27.5 Å². The van der Waals surface area contributed by atoms with Gasteiger partial charge in [-0.3, -0.25) is 4.79 Å². The number of hydrogen-bond donors (Lipinski definition) is 2. The highest BCUT2D eigenvalue weighted by atomic mass is 79.9. The monoisotopic (exact) mass is 498 g/mol. The average molecular weight is 499 g/mol. The van der Waals surface area contributed by atoms with E-state index in [-0.39, 0.29) is 29.9 Å². The second-order valence-electron chi connectivity index (χ2n) is 8.06. The van der Waals surface area contributed by atoms with E-state index < -0.39 is 11.7 Å². The maximum Gasteiger partial charge on any atom is 0.416 e.